The number of nitrogens with one attached hydrogen (secondary N) is 1. The minimum absolute atomic E-state index is 0.367. The van der Waals surface area contributed by atoms with Crippen molar-refractivity contribution in [3.8, 4) is 0 Å². The molecule has 0 bridgehead atoms. The lowest BCUT2D eigenvalue weighted by atomic mass is 10.5. The molecule has 94 valence electrons. The van der Waals surface area contributed by atoms with E-state index in [0.29, 0.717) is 18.3 Å². The zero-order chi connectivity index (χ0) is 12.8. The number of nitrogens with zero attached hydrogens (tertiary/aromatic N) is 4. The molecule has 18 heavy (non-hydrogen) atoms. The summed E-state index contributed by atoms with van der Waals surface area (Å²) in [5, 5.41) is 2.93. The van der Waals surface area contributed by atoms with Gasteiger partial charge in [-0.05, 0) is 19.1 Å². The number of imidazole rings is 1. The molecular formula is C12H16N6. The summed E-state index contributed by atoms with van der Waals surface area (Å²) < 4.78 is 2.03. The molecule has 0 spiro atoms. The van der Waals surface area contributed by atoms with Crippen molar-refractivity contribution in [3.05, 3.63) is 42.6 Å². The number of aliphatic imine (C=N–C) groups is 1. The number of aryl methyl sites for hydroxylation is 1. The highest BCUT2D eigenvalue weighted by molar-refractivity contribution is 5.91. The summed E-state index contributed by atoms with van der Waals surface area (Å²) in [7, 11) is 0. The Bertz CT molecular complexity index is 516. The molecule has 0 fully saturated rings. The Hall–Kier alpha value is -2.37. The van der Waals surface area contributed by atoms with Crippen LogP contribution in [0, 0.1) is 6.92 Å². The molecule has 6 heteroatoms. The van der Waals surface area contributed by atoms with Crippen molar-refractivity contribution in [1.29, 1.82) is 0 Å². The van der Waals surface area contributed by atoms with Gasteiger partial charge in [0.05, 0.1) is 6.54 Å². The summed E-state index contributed by atoms with van der Waals surface area (Å²) in [6.07, 6.45) is 5.40. The van der Waals surface area contributed by atoms with Gasteiger partial charge in [-0.15, -0.1) is 0 Å². The smallest absolute Gasteiger partial charge is 0.194 e. The first-order valence-electron chi connectivity index (χ1n) is 5.71. The van der Waals surface area contributed by atoms with Crippen LogP contribution in [0.25, 0.3) is 0 Å². The normalized spacial score (nSPS) is 11.5. The van der Waals surface area contributed by atoms with Gasteiger partial charge in [-0.25, -0.2) is 9.97 Å². The molecule has 0 radical (unpaired) electrons. The number of guanidine groups is 1. The first kappa shape index (κ1) is 12.1. The fourth-order valence-electron chi connectivity index (χ4n) is 1.53. The number of rotatable bonds is 4. The standard InChI is InChI=1S/C12H16N6/c1-10-14-6-8-18(10)9-7-16-12(13)17-11-4-2-3-5-15-11/h2-6,8H,7,9H2,1H3,(H3,13,15,16,17). The van der Waals surface area contributed by atoms with Crippen molar-refractivity contribution < 1.29 is 0 Å². The average molecular weight is 244 g/mol. The van der Waals surface area contributed by atoms with Crippen molar-refractivity contribution in [2.75, 3.05) is 11.9 Å². The van der Waals surface area contributed by atoms with Crippen LogP contribution >= 0.6 is 0 Å². The molecule has 0 aliphatic heterocycles. The first-order valence-corrected chi connectivity index (χ1v) is 5.71. The van der Waals surface area contributed by atoms with Gasteiger partial charge in [-0.3, -0.25) is 4.99 Å². The highest BCUT2D eigenvalue weighted by atomic mass is 15.1. The van der Waals surface area contributed by atoms with Gasteiger partial charge in [-0.1, -0.05) is 6.07 Å². The average Bonchev–Trinajstić information content (AvgIpc) is 2.76. The number of pyridine rings is 1. The molecule has 2 heterocycles. The quantitative estimate of drug-likeness (QED) is 0.621. The summed E-state index contributed by atoms with van der Waals surface area (Å²) >= 11 is 0. The van der Waals surface area contributed by atoms with Crippen LogP contribution in [0.4, 0.5) is 5.82 Å². The van der Waals surface area contributed by atoms with Gasteiger partial charge in [0.25, 0.3) is 0 Å². The SMILES string of the molecule is Cc1nccn1CCN=C(N)Nc1ccccn1. The molecule has 0 saturated carbocycles. The minimum Gasteiger partial charge on any atom is -0.370 e. The minimum atomic E-state index is 0.367. The Morgan fingerprint density at radius 3 is 2.94 bits per heavy atom. The zero-order valence-electron chi connectivity index (χ0n) is 10.2. The zero-order valence-corrected chi connectivity index (χ0v) is 10.2. The molecule has 2 rings (SSSR count). The molecule has 0 unspecified atom stereocenters. The Labute approximate surface area is 106 Å². The first-order chi connectivity index (χ1) is 8.75. The Kier molecular flexibility index (Phi) is 3.90. The van der Waals surface area contributed by atoms with Gasteiger partial charge < -0.3 is 15.6 Å². The second-order valence-corrected chi connectivity index (χ2v) is 3.77. The number of aromatic nitrogens is 3. The summed E-state index contributed by atoms with van der Waals surface area (Å²) in [6, 6.07) is 5.57. The van der Waals surface area contributed by atoms with Gasteiger partial charge in [0.2, 0.25) is 0 Å². The van der Waals surface area contributed by atoms with Crippen LogP contribution in [0.2, 0.25) is 0 Å². The van der Waals surface area contributed by atoms with Crippen molar-refractivity contribution in [2.45, 2.75) is 13.5 Å². The van der Waals surface area contributed by atoms with E-state index >= 15 is 0 Å². The maximum atomic E-state index is 5.76. The van der Waals surface area contributed by atoms with Crippen LogP contribution in [0.3, 0.4) is 0 Å². The predicted octanol–water partition coefficient (Wildman–Crippen LogP) is 1.01. The van der Waals surface area contributed by atoms with Gasteiger partial charge >= 0.3 is 0 Å². The monoisotopic (exact) mass is 244 g/mol. The highest BCUT2D eigenvalue weighted by Gasteiger charge is 1.97. The maximum Gasteiger partial charge on any atom is 0.194 e. The number of hydrogen-bond acceptors (Lipinski definition) is 3. The van der Waals surface area contributed by atoms with E-state index in [1.807, 2.05) is 35.9 Å². The Balaban J connectivity index is 1.84. The van der Waals surface area contributed by atoms with E-state index in [4.69, 9.17) is 5.73 Å². The van der Waals surface area contributed by atoms with Crippen LogP contribution in [-0.4, -0.2) is 27.0 Å². The van der Waals surface area contributed by atoms with Crippen LogP contribution < -0.4 is 11.1 Å². The number of hydrogen-bond donors (Lipinski definition) is 2. The molecular weight excluding hydrogens is 228 g/mol. The van der Waals surface area contributed by atoms with Gasteiger partial charge in [0, 0.05) is 25.1 Å². The van der Waals surface area contributed by atoms with Crippen LogP contribution in [-0.2, 0) is 6.54 Å². The molecule has 2 aromatic rings. The van der Waals surface area contributed by atoms with Crippen molar-refractivity contribution in [2.24, 2.45) is 10.7 Å². The van der Waals surface area contributed by atoms with E-state index in [2.05, 4.69) is 20.3 Å². The lowest BCUT2D eigenvalue weighted by molar-refractivity contribution is 0.685. The van der Waals surface area contributed by atoms with Crippen LogP contribution in [0.5, 0.6) is 0 Å². The largest absolute Gasteiger partial charge is 0.370 e. The molecule has 6 nitrogen and oxygen atoms in total. The highest BCUT2D eigenvalue weighted by Crippen LogP contribution is 1.99. The fourth-order valence-corrected chi connectivity index (χ4v) is 1.53. The second kappa shape index (κ2) is 5.81. The lowest BCUT2D eigenvalue weighted by Crippen LogP contribution is -2.23. The van der Waals surface area contributed by atoms with E-state index in [-0.39, 0.29) is 0 Å². The second-order valence-electron chi connectivity index (χ2n) is 3.77. The summed E-state index contributed by atoms with van der Waals surface area (Å²) in [4.78, 5) is 12.5. The Morgan fingerprint density at radius 1 is 1.39 bits per heavy atom. The topological polar surface area (TPSA) is 81.1 Å². The third kappa shape index (κ3) is 3.31. The fraction of sp³-hybridized carbons (Fsp3) is 0.250. The van der Waals surface area contributed by atoms with Crippen molar-refractivity contribution >= 4 is 11.8 Å². The lowest BCUT2D eigenvalue weighted by Gasteiger charge is -2.05. The number of anilines is 1. The molecule has 0 aromatic carbocycles. The van der Waals surface area contributed by atoms with E-state index in [1.54, 1.807) is 12.4 Å². The van der Waals surface area contributed by atoms with E-state index in [0.717, 1.165) is 12.4 Å². The molecule has 2 aromatic heterocycles. The predicted molar refractivity (Wildman–Crippen MR) is 71.3 cm³/mol. The Morgan fingerprint density at radius 2 is 2.28 bits per heavy atom. The van der Waals surface area contributed by atoms with Crippen LogP contribution in [0.1, 0.15) is 5.82 Å². The third-order valence-electron chi connectivity index (χ3n) is 2.47. The van der Waals surface area contributed by atoms with Crippen molar-refractivity contribution in [3.63, 3.8) is 0 Å². The maximum absolute atomic E-state index is 5.76. The third-order valence-corrected chi connectivity index (χ3v) is 2.47. The molecule has 0 amide bonds. The van der Waals surface area contributed by atoms with Crippen LogP contribution in [0.15, 0.2) is 41.8 Å². The summed E-state index contributed by atoms with van der Waals surface area (Å²) in [5.41, 5.74) is 5.76. The van der Waals surface area contributed by atoms with E-state index in [1.165, 1.54) is 0 Å². The number of nitrogens with two attached hydrogens (primary N) is 1. The van der Waals surface area contributed by atoms with Gasteiger partial charge in [0.1, 0.15) is 11.6 Å². The summed E-state index contributed by atoms with van der Waals surface area (Å²) in [6.45, 7) is 3.32. The summed E-state index contributed by atoms with van der Waals surface area (Å²) in [5.74, 6) is 2.03. The molecule has 0 atom stereocenters. The van der Waals surface area contributed by atoms with Gasteiger partial charge in [0.15, 0.2) is 5.96 Å². The van der Waals surface area contributed by atoms with Gasteiger partial charge in [-0.2, -0.15) is 0 Å². The molecule has 0 saturated heterocycles. The molecule has 0 aliphatic carbocycles. The van der Waals surface area contributed by atoms with Crippen molar-refractivity contribution in [1.82, 2.24) is 14.5 Å². The molecule has 0 aliphatic rings. The molecule has 3 N–H and O–H groups in total. The van der Waals surface area contributed by atoms with E-state index in [9.17, 15) is 0 Å². The van der Waals surface area contributed by atoms with E-state index < -0.39 is 0 Å².